The van der Waals surface area contributed by atoms with E-state index in [4.69, 9.17) is 14.5 Å². The Balaban J connectivity index is 1.25. The molecule has 228 valence electrons. The highest BCUT2D eigenvalue weighted by atomic mass is 32.1. The van der Waals surface area contributed by atoms with Gasteiger partial charge in [0.2, 0.25) is 5.13 Å². The number of thiazole rings is 1. The molecule has 0 unspecified atom stereocenters. The monoisotopic (exact) mass is 615 g/mol. The van der Waals surface area contributed by atoms with Crippen molar-refractivity contribution in [3.05, 3.63) is 118 Å². The first-order valence-electron chi connectivity index (χ1n) is 16.0. The number of phenols is 1. The van der Waals surface area contributed by atoms with E-state index in [0.29, 0.717) is 11.1 Å². The highest BCUT2D eigenvalue weighted by Crippen LogP contribution is 2.47. The number of aromatic hydroxyl groups is 1. The quantitative estimate of drug-likeness (QED) is 0.132. The van der Waals surface area contributed by atoms with Gasteiger partial charge in [-0.1, -0.05) is 98.2 Å². The van der Waals surface area contributed by atoms with E-state index in [0.717, 1.165) is 71.6 Å². The van der Waals surface area contributed by atoms with Crippen LogP contribution < -0.4 is 10.6 Å². The van der Waals surface area contributed by atoms with Crippen molar-refractivity contribution in [3.8, 4) is 16.2 Å². The molecule has 7 heteroatoms. The first-order chi connectivity index (χ1) is 22.1. The maximum atomic E-state index is 13.2. The van der Waals surface area contributed by atoms with E-state index in [1.807, 2.05) is 24.3 Å². The van der Waals surface area contributed by atoms with Crippen LogP contribution in [0.5, 0.6) is 5.75 Å². The van der Waals surface area contributed by atoms with Crippen molar-refractivity contribution in [1.29, 1.82) is 0 Å². The van der Waals surface area contributed by atoms with Gasteiger partial charge in [-0.15, -0.1) is 0 Å². The summed E-state index contributed by atoms with van der Waals surface area (Å²) in [5, 5.41) is 19.5. The van der Waals surface area contributed by atoms with E-state index in [2.05, 4.69) is 66.5 Å². The van der Waals surface area contributed by atoms with Crippen LogP contribution in [0.4, 0.5) is 5.13 Å². The Bertz CT molecular complexity index is 1930. The molecule has 6 nitrogen and oxygen atoms in total. The minimum Gasteiger partial charge on any atom is -0.508 e. The van der Waals surface area contributed by atoms with Crippen LogP contribution in [-0.4, -0.2) is 15.8 Å². The Morgan fingerprint density at radius 3 is 2.62 bits per heavy atom. The molecule has 1 aliphatic heterocycles. The Kier molecular flexibility index (Phi) is 8.35. The molecule has 1 saturated carbocycles. The maximum absolute atomic E-state index is 13.2. The second-order valence-corrected chi connectivity index (χ2v) is 13.1. The molecule has 0 radical (unpaired) electrons. The number of allylic oxidation sites excluding steroid dienone is 1. The predicted molar refractivity (Wildman–Crippen MR) is 184 cm³/mol. The smallest absolute Gasteiger partial charge is 0.345 e. The van der Waals surface area contributed by atoms with Crippen molar-refractivity contribution in [2.75, 3.05) is 5.01 Å². The summed E-state index contributed by atoms with van der Waals surface area (Å²) in [6.45, 7) is 2.19. The molecule has 2 aliphatic rings. The molecule has 1 N–H and O–H groups in total. The highest BCUT2D eigenvalue weighted by Gasteiger charge is 2.42. The number of hydrogen-bond acceptors (Lipinski definition) is 7. The number of rotatable bonds is 9. The lowest BCUT2D eigenvalue weighted by Crippen LogP contribution is -2.27. The van der Waals surface area contributed by atoms with Crippen LogP contribution in [0, 0.1) is 5.92 Å². The fourth-order valence-electron chi connectivity index (χ4n) is 6.70. The van der Waals surface area contributed by atoms with Gasteiger partial charge < -0.3 is 9.52 Å². The molecule has 45 heavy (non-hydrogen) atoms. The highest BCUT2D eigenvalue weighted by molar-refractivity contribution is 7.18. The molecule has 5 aromatic rings. The van der Waals surface area contributed by atoms with Crippen LogP contribution in [0.2, 0.25) is 0 Å². The van der Waals surface area contributed by atoms with E-state index in [1.165, 1.54) is 34.5 Å². The second kappa shape index (κ2) is 12.9. The minimum absolute atomic E-state index is 0.0194. The van der Waals surface area contributed by atoms with Gasteiger partial charge in [-0.2, -0.15) is 5.10 Å². The molecular weight excluding hydrogens is 579 g/mol. The number of hydrogen-bond donors (Lipinski definition) is 1. The third-order valence-corrected chi connectivity index (χ3v) is 9.99. The van der Waals surface area contributed by atoms with Crippen LogP contribution in [0.25, 0.3) is 27.5 Å². The van der Waals surface area contributed by atoms with Gasteiger partial charge in [-0.05, 0) is 72.6 Å². The molecule has 1 fully saturated rings. The number of fused-ring (bicyclic) bond motifs is 2. The number of anilines is 1. The zero-order valence-electron chi connectivity index (χ0n) is 25.5. The number of aromatic nitrogens is 1. The van der Waals surface area contributed by atoms with Crippen molar-refractivity contribution in [3.63, 3.8) is 0 Å². The Morgan fingerprint density at radius 2 is 1.82 bits per heavy atom. The lowest BCUT2D eigenvalue weighted by Gasteiger charge is -2.29. The van der Waals surface area contributed by atoms with Gasteiger partial charge in [0, 0.05) is 23.6 Å². The third-order valence-electron chi connectivity index (χ3n) is 8.97. The Labute approximate surface area is 267 Å². The fraction of sp³-hybridized carbons (Fsp3) is 0.289. The third kappa shape index (κ3) is 5.97. The molecule has 1 aliphatic carbocycles. The zero-order chi connectivity index (χ0) is 30.8. The second-order valence-electron chi connectivity index (χ2n) is 12.0. The van der Waals surface area contributed by atoms with Crippen molar-refractivity contribution in [2.45, 2.75) is 64.3 Å². The van der Waals surface area contributed by atoms with E-state index < -0.39 is 5.63 Å². The lowest BCUT2D eigenvalue weighted by atomic mass is 9.77. The van der Waals surface area contributed by atoms with E-state index in [9.17, 15) is 9.90 Å². The lowest BCUT2D eigenvalue weighted by molar-refractivity contribution is 0.464. The molecule has 3 heterocycles. The first kappa shape index (κ1) is 29.2. The van der Waals surface area contributed by atoms with Gasteiger partial charge in [0.15, 0.2) is 0 Å². The maximum Gasteiger partial charge on any atom is 0.345 e. The van der Waals surface area contributed by atoms with Crippen LogP contribution in [0.1, 0.15) is 74.6 Å². The van der Waals surface area contributed by atoms with Crippen LogP contribution >= 0.6 is 11.3 Å². The topological polar surface area (TPSA) is 78.9 Å². The number of phenolic OH excluding ortho intramolecular Hbond substituents is 1. The summed E-state index contributed by atoms with van der Waals surface area (Å²) in [5.41, 5.74) is 6.09. The number of unbranched alkanes of at least 4 members (excludes halogenated alkanes) is 3. The van der Waals surface area contributed by atoms with Gasteiger partial charge in [-0.3, -0.25) is 0 Å². The van der Waals surface area contributed by atoms with Crippen LogP contribution in [-0.2, 0) is 6.42 Å². The van der Waals surface area contributed by atoms with Gasteiger partial charge in [0.05, 0.1) is 22.2 Å². The van der Waals surface area contributed by atoms with Crippen molar-refractivity contribution in [2.24, 2.45) is 11.0 Å². The molecule has 0 saturated heterocycles. The Morgan fingerprint density at radius 1 is 1.02 bits per heavy atom. The minimum atomic E-state index is -0.443. The average molecular weight is 616 g/mol. The largest absolute Gasteiger partial charge is 0.508 e. The summed E-state index contributed by atoms with van der Waals surface area (Å²) in [6.07, 6.45) is 12.5. The van der Waals surface area contributed by atoms with E-state index in [-0.39, 0.29) is 17.7 Å². The molecule has 0 amide bonds. The SMILES string of the molecule is CCCCCCc1cc2cc(-c3cnc(N4N=C5/C(=C/c6ccccc6)CCC[C@@H]5[C@H]4c4ccccc4)s3)c(=O)oc2cc1O. The summed E-state index contributed by atoms with van der Waals surface area (Å²) in [4.78, 5) is 18.8. The van der Waals surface area contributed by atoms with Gasteiger partial charge >= 0.3 is 5.63 Å². The number of nitrogens with zero attached hydrogens (tertiary/aromatic N) is 3. The molecule has 0 bridgehead atoms. The molecule has 7 rings (SSSR count). The van der Waals surface area contributed by atoms with Crippen molar-refractivity contribution < 1.29 is 9.52 Å². The first-order valence-corrected chi connectivity index (χ1v) is 16.9. The van der Waals surface area contributed by atoms with E-state index >= 15 is 0 Å². The van der Waals surface area contributed by atoms with Crippen molar-refractivity contribution >= 4 is 39.2 Å². The standard InChI is InChI=1S/C38H37N3O3S/c1-2-3-4-9-17-27-21-29-22-31(37(43)44-33(29)23-32(27)42)34-24-39-38(45-34)41-36(26-15-10-6-11-16-26)30-19-12-18-28(35(30)40-41)20-25-13-7-5-8-14-25/h5-8,10-11,13-16,20-24,30,36,42H,2-4,9,12,17-19H2,1H3/b28-20+/t30-,36+/m0/s1. The Hall–Kier alpha value is -4.49. The number of aryl methyl sites for hydroxylation is 1. The molecular formula is C38H37N3O3S. The number of benzene rings is 3. The van der Waals surface area contributed by atoms with E-state index in [1.54, 1.807) is 12.3 Å². The fourth-order valence-corrected chi connectivity index (χ4v) is 7.61. The summed E-state index contributed by atoms with van der Waals surface area (Å²) in [5.74, 6) is 0.426. The van der Waals surface area contributed by atoms with Crippen molar-refractivity contribution in [1.82, 2.24) is 4.98 Å². The molecule has 0 spiro atoms. The van der Waals surface area contributed by atoms with Gasteiger partial charge in [0.1, 0.15) is 11.3 Å². The molecule has 2 atom stereocenters. The normalized spacial score (nSPS) is 18.8. The average Bonchev–Trinajstić information content (AvgIpc) is 3.70. The van der Waals surface area contributed by atoms with Gasteiger partial charge in [0.25, 0.3) is 0 Å². The molecule has 2 aromatic heterocycles. The summed E-state index contributed by atoms with van der Waals surface area (Å²) >= 11 is 1.46. The van der Waals surface area contributed by atoms with Crippen LogP contribution in [0.15, 0.2) is 105 Å². The summed E-state index contributed by atoms with van der Waals surface area (Å²) in [6, 6.07) is 26.4. The predicted octanol–water partition coefficient (Wildman–Crippen LogP) is 9.55. The summed E-state index contributed by atoms with van der Waals surface area (Å²) < 4.78 is 5.71. The number of hydrazone groups is 1. The van der Waals surface area contributed by atoms with Crippen LogP contribution in [0.3, 0.4) is 0 Å². The summed E-state index contributed by atoms with van der Waals surface area (Å²) in [7, 11) is 0. The molecule has 3 aromatic carbocycles. The zero-order valence-corrected chi connectivity index (χ0v) is 26.3. The van der Waals surface area contributed by atoms with Gasteiger partial charge in [-0.25, -0.2) is 14.8 Å².